The molecule has 0 aromatic carbocycles. The van der Waals surface area contributed by atoms with Crippen LogP contribution in [-0.2, 0) is 12.4 Å². The molecule has 2 heterocycles. The maximum Gasteiger partial charge on any atom is 0.318 e. The Bertz CT molecular complexity index is 481. The normalized spacial score (nSPS) is 15.1. The lowest BCUT2D eigenvalue weighted by Gasteiger charge is -2.18. The van der Waals surface area contributed by atoms with Crippen LogP contribution >= 0.6 is 22.9 Å². The molecule has 90 valence electrons. The summed E-state index contributed by atoms with van der Waals surface area (Å²) in [7, 11) is 0. The lowest BCUT2D eigenvalue weighted by molar-refractivity contribution is 0.496. The summed E-state index contributed by atoms with van der Waals surface area (Å²) >= 11 is 7.37. The number of nitrogens with zero attached hydrogens (tertiary/aromatic N) is 3. The number of rotatable bonds is 5. The number of thiophene rings is 1. The quantitative estimate of drug-likeness (QED) is 0.783. The highest BCUT2D eigenvalue weighted by Crippen LogP contribution is 2.32. The molecule has 0 unspecified atom stereocenters. The Balaban J connectivity index is 1.79. The van der Waals surface area contributed by atoms with E-state index < -0.39 is 0 Å². The van der Waals surface area contributed by atoms with E-state index in [-0.39, 0.29) is 5.88 Å². The van der Waals surface area contributed by atoms with Gasteiger partial charge in [0.1, 0.15) is 5.88 Å². The van der Waals surface area contributed by atoms with Gasteiger partial charge in [-0.25, -0.2) is 0 Å². The summed E-state index contributed by atoms with van der Waals surface area (Å²) in [6, 6.07) is 3.26. The fourth-order valence-electron chi connectivity index (χ4n) is 1.73. The van der Waals surface area contributed by atoms with Crippen LogP contribution < -0.4 is 4.90 Å². The third-order valence-corrected chi connectivity index (χ3v) is 3.70. The van der Waals surface area contributed by atoms with E-state index in [0.29, 0.717) is 17.9 Å². The van der Waals surface area contributed by atoms with Crippen LogP contribution in [0.3, 0.4) is 0 Å². The van der Waals surface area contributed by atoms with Crippen molar-refractivity contribution < 1.29 is 4.42 Å². The van der Waals surface area contributed by atoms with Gasteiger partial charge in [0.05, 0.1) is 0 Å². The van der Waals surface area contributed by atoms with Crippen LogP contribution in [-0.4, -0.2) is 16.2 Å². The fraction of sp³-hybridized carbons (Fsp3) is 0.455. The van der Waals surface area contributed by atoms with Gasteiger partial charge in [0.25, 0.3) is 0 Å². The first-order valence-corrected chi connectivity index (χ1v) is 7.00. The first kappa shape index (κ1) is 11.0. The maximum absolute atomic E-state index is 5.67. The lowest BCUT2D eigenvalue weighted by atomic mass is 10.3. The predicted molar refractivity (Wildman–Crippen MR) is 67.4 cm³/mol. The van der Waals surface area contributed by atoms with E-state index in [1.807, 2.05) is 0 Å². The number of alkyl halides is 1. The molecule has 0 bridgehead atoms. The van der Waals surface area contributed by atoms with Gasteiger partial charge in [-0.2, -0.15) is 11.3 Å². The Morgan fingerprint density at radius 1 is 1.47 bits per heavy atom. The zero-order valence-corrected chi connectivity index (χ0v) is 10.7. The van der Waals surface area contributed by atoms with Crippen LogP contribution in [0.2, 0.25) is 0 Å². The topological polar surface area (TPSA) is 42.2 Å². The molecule has 6 heteroatoms. The highest BCUT2D eigenvalue weighted by molar-refractivity contribution is 7.07. The van der Waals surface area contributed by atoms with Crippen LogP contribution in [0, 0.1) is 0 Å². The Hall–Kier alpha value is -1.07. The summed E-state index contributed by atoms with van der Waals surface area (Å²) in [5, 5.41) is 12.2. The molecule has 17 heavy (non-hydrogen) atoms. The highest BCUT2D eigenvalue weighted by Gasteiger charge is 2.32. The van der Waals surface area contributed by atoms with Gasteiger partial charge in [-0.15, -0.1) is 16.7 Å². The minimum absolute atomic E-state index is 0.268. The average molecular weight is 270 g/mol. The van der Waals surface area contributed by atoms with Gasteiger partial charge in [0.2, 0.25) is 5.89 Å². The standard InChI is InChI=1S/C11H12ClN3OS/c12-5-10-13-14-11(16-10)15(9-1-2-9)6-8-3-4-17-7-8/h3-4,7,9H,1-2,5-6H2. The average Bonchev–Trinajstić information content (AvgIpc) is 2.88. The smallest absolute Gasteiger partial charge is 0.318 e. The van der Waals surface area contributed by atoms with E-state index in [1.165, 1.54) is 18.4 Å². The zero-order chi connectivity index (χ0) is 11.7. The van der Waals surface area contributed by atoms with Gasteiger partial charge >= 0.3 is 6.01 Å². The van der Waals surface area contributed by atoms with Gasteiger partial charge in [-0.3, -0.25) is 0 Å². The second-order valence-electron chi connectivity index (χ2n) is 4.10. The minimum Gasteiger partial charge on any atom is -0.407 e. The second kappa shape index (κ2) is 4.66. The number of hydrogen-bond acceptors (Lipinski definition) is 5. The molecule has 0 spiro atoms. The maximum atomic E-state index is 5.67. The third kappa shape index (κ3) is 2.45. The van der Waals surface area contributed by atoms with Gasteiger partial charge in [0, 0.05) is 12.6 Å². The second-order valence-corrected chi connectivity index (χ2v) is 5.15. The van der Waals surface area contributed by atoms with E-state index in [4.69, 9.17) is 16.0 Å². The Labute approximate surface area is 108 Å². The van der Waals surface area contributed by atoms with Crippen LogP contribution in [0.4, 0.5) is 6.01 Å². The molecule has 1 aliphatic carbocycles. The summed E-state index contributed by atoms with van der Waals surface area (Å²) in [6.07, 6.45) is 2.39. The van der Waals surface area contributed by atoms with Gasteiger partial charge in [-0.05, 0) is 35.2 Å². The summed E-state index contributed by atoms with van der Waals surface area (Å²) in [5.74, 6) is 0.752. The van der Waals surface area contributed by atoms with E-state index in [1.54, 1.807) is 11.3 Å². The monoisotopic (exact) mass is 269 g/mol. The number of aromatic nitrogens is 2. The Kier molecular flexibility index (Phi) is 3.03. The number of anilines is 1. The summed E-state index contributed by atoms with van der Waals surface area (Å²) in [4.78, 5) is 2.17. The van der Waals surface area contributed by atoms with Gasteiger partial charge in [-0.1, -0.05) is 5.10 Å². The van der Waals surface area contributed by atoms with Crippen LogP contribution in [0.1, 0.15) is 24.3 Å². The van der Waals surface area contributed by atoms with Crippen molar-refractivity contribution in [1.82, 2.24) is 10.2 Å². The minimum atomic E-state index is 0.268. The molecule has 3 rings (SSSR count). The molecule has 2 aromatic rings. The van der Waals surface area contributed by atoms with Crippen molar-refractivity contribution in [3.63, 3.8) is 0 Å². The molecule has 1 aliphatic rings. The zero-order valence-electron chi connectivity index (χ0n) is 9.17. The molecule has 0 saturated heterocycles. The SMILES string of the molecule is ClCc1nnc(N(Cc2ccsc2)C2CC2)o1. The Morgan fingerprint density at radius 2 is 2.35 bits per heavy atom. The predicted octanol–water partition coefficient (Wildman–Crippen LogP) is 3.04. The molecule has 1 saturated carbocycles. The molecule has 0 aliphatic heterocycles. The molecule has 2 aromatic heterocycles. The van der Waals surface area contributed by atoms with E-state index in [9.17, 15) is 0 Å². The molecule has 0 amide bonds. The van der Waals surface area contributed by atoms with Crippen molar-refractivity contribution >= 4 is 29.0 Å². The first-order chi connectivity index (χ1) is 8.36. The largest absolute Gasteiger partial charge is 0.407 e. The van der Waals surface area contributed by atoms with Crippen molar-refractivity contribution in [2.45, 2.75) is 31.3 Å². The van der Waals surface area contributed by atoms with E-state index >= 15 is 0 Å². The molecular formula is C11H12ClN3OS. The number of halogens is 1. The summed E-state index contributed by atoms with van der Waals surface area (Å²) in [5.41, 5.74) is 1.28. The van der Waals surface area contributed by atoms with Crippen molar-refractivity contribution in [3.05, 3.63) is 28.3 Å². The Morgan fingerprint density at radius 3 is 2.94 bits per heavy atom. The van der Waals surface area contributed by atoms with Gasteiger partial charge < -0.3 is 9.32 Å². The molecule has 4 nitrogen and oxygen atoms in total. The molecule has 0 atom stereocenters. The van der Waals surface area contributed by atoms with Crippen molar-refractivity contribution in [2.75, 3.05) is 4.90 Å². The van der Waals surface area contributed by atoms with Crippen molar-refractivity contribution in [1.29, 1.82) is 0 Å². The first-order valence-electron chi connectivity index (χ1n) is 5.53. The van der Waals surface area contributed by atoms with Crippen molar-refractivity contribution in [3.8, 4) is 0 Å². The summed E-state index contributed by atoms with van der Waals surface area (Å²) < 4.78 is 5.52. The van der Waals surface area contributed by atoms with Gasteiger partial charge in [0.15, 0.2) is 0 Å². The van der Waals surface area contributed by atoms with Crippen LogP contribution in [0.15, 0.2) is 21.2 Å². The van der Waals surface area contributed by atoms with E-state index in [0.717, 1.165) is 6.54 Å². The highest BCUT2D eigenvalue weighted by atomic mass is 35.5. The fourth-order valence-corrected chi connectivity index (χ4v) is 2.50. The van der Waals surface area contributed by atoms with Crippen LogP contribution in [0.5, 0.6) is 0 Å². The van der Waals surface area contributed by atoms with Crippen molar-refractivity contribution in [2.24, 2.45) is 0 Å². The summed E-state index contributed by atoms with van der Waals surface area (Å²) in [6.45, 7) is 0.831. The molecular weight excluding hydrogens is 258 g/mol. The van der Waals surface area contributed by atoms with E-state index in [2.05, 4.69) is 31.9 Å². The van der Waals surface area contributed by atoms with Crippen LogP contribution in [0.25, 0.3) is 0 Å². The molecule has 0 N–H and O–H groups in total. The molecule has 1 fully saturated rings. The number of hydrogen-bond donors (Lipinski definition) is 0. The third-order valence-electron chi connectivity index (χ3n) is 2.74. The molecule has 0 radical (unpaired) electrons. The lowest BCUT2D eigenvalue weighted by Crippen LogP contribution is -2.25.